The molecule has 1 N–H and O–H groups in total. The van der Waals surface area contributed by atoms with Crippen LogP contribution in [-0.4, -0.2) is 33.3 Å². The fourth-order valence-electron chi connectivity index (χ4n) is 4.15. The zero-order chi connectivity index (χ0) is 25.0. The van der Waals surface area contributed by atoms with E-state index in [0.717, 1.165) is 28.8 Å². The molecule has 0 aromatic heterocycles. The van der Waals surface area contributed by atoms with E-state index in [0.29, 0.717) is 18.7 Å². The zero-order valence-electron chi connectivity index (χ0n) is 19.9. The van der Waals surface area contributed by atoms with Gasteiger partial charge in [-0.15, -0.1) is 0 Å². The summed E-state index contributed by atoms with van der Waals surface area (Å²) in [4.78, 5) is 26.9. The lowest BCUT2D eigenvalue weighted by Gasteiger charge is -2.26. The molecule has 7 nitrogen and oxygen atoms in total. The van der Waals surface area contributed by atoms with Crippen molar-refractivity contribution in [1.82, 2.24) is 5.32 Å². The molecule has 8 heteroatoms. The molecule has 4 rings (SSSR count). The summed E-state index contributed by atoms with van der Waals surface area (Å²) in [5.74, 6) is -0.325. The van der Waals surface area contributed by atoms with Crippen LogP contribution in [0.5, 0.6) is 0 Å². The number of sulfonamides is 1. The van der Waals surface area contributed by atoms with Crippen molar-refractivity contribution in [3.8, 4) is 0 Å². The third kappa shape index (κ3) is 5.54. The van der Waals surface area contributed by atoms with Gasteiger partial charge in [0.15, 0.2) is 0 Å². The van der Waals surface area contributed by atoms with Crippen molar-refractivity contribution in [2.45, 2.75) is 38.1 Å². The van der Waals surface area contributed by atoms with E-state index in [9.17, 15) is 18.0 Å². The molecule has 0 aliphatic carbocycles. The number of nitrogens with zero attached hydrogens (tertiary/aromatic N) is 2. The molecule has 182 valence electrons. The molecule has 35 heavy (non-hydrogen) atoms. The van der Waals surface area contributed by atoms with E-state index in [1.165, 1.54) is 16.4 Å². The van der Waals surface area contributed by atoms with E-state index in [4.69, 9.17) is 0 Å². The number of hydrogen-bond acceptors (Lipinski definition) is 4. The van der Waals surface area contributed by atoms with Gasteiger partial charge >= 0.3 is 0 Å². The Kier molecular flexibility index (Phi) is 7.21. The van der Waals surface area contributed by atoms with Crippen LogP contribution in [-0.2, 0) is 26.2 Å². The van der Waals surface area contributed by atoms with E-state index >= 15 is 0 Å². The highest BCUT2D eigenvalue weighted by atomic mass is 32.2. The van der Waals surface area contributed by atoms with Gasteiger partial charge in [-0.25, -0.2) is 8.42 Å². The van der Waals surface area contributed by atoms with Gasteiger partial charge < -0.3 is 10.2 Å². The van der Waals surface area contributed by atoms with Crippen molar-refractivity contribution < 1.29 is 18.0 Å². The summed E-state index contributed by atoms with van der Waals surface area (Å²) < 4.78 is 28.2. The van der Waals surface area contributed by atoms with Gasteiger partial charge in [-0.05, 0) is 67.3 Å². The molecule has 0 radical (unpaired) electrons. The van der Waals surface area contributed by atoms with Gasteiger partial charge in [0, 0.05) is 25.2 Å². The second-order valence-electron chi connectivity index (χ2n) is 8.71. The summed E-state index contributed by atoms with van der Waals surface area (Å²) in [6.45, 7) is 4.27. The minimum Gasteiger partial charge on any atom is -0.350 e. The molecule has 2 amide bonds. The number of anilines is 2. The van der Waals surface area contributed by atoms with Crippen LogP contribution >= 0.6 is 0 Å². The molecule has 1 fully saturated rings. The maximum absolute atomic E-state index is 13.5. The molecule has 0 saturated carbocycles. The number of benzene rings is 3. The second kappa shape index (κ2) is 10.3. The Morgan fingerprint density at radius 3 is 2.49 bits per heavy atom. The largest absolute Gasteiger partial charge is 0.350 e. The predicted octanol–water partition coefficient (Wildman–Crippen LogP) is 3.94. The minimum atomic E-state index is -3.97. The number of carbonyl (C=O) groups excluding carboxylic acids is 2. The molecule has 3 aromatic carbocycles. The van der Waals surface area contributed by atoms with Crippen molar-refractivity contribution in [3.05, 3.63) is 89.5 Å². The fraction of sp³-hybridized carbons (Fsp3) is 0.259. The van der Waals surface area contributed by atoms with Gasteiger partial charge in [0.1, 0.15) is 6.54 Å². The van der Waals surface area contributed by atoms with E-state index in [-0.39, 0.29) is 23.9 Å². The minimum absolute atomic E-state index is 0.0986. The Morgan fingerprint density at radius 2 is 1.77 bits per heavy atom. The standard InChI is InChI=1S/C27H29N3O4S/c1-20-13-14-21(2)25(16-20)30(35(33,34)24-10-4-3-5-11-24)19-26(31)28-18-22-8-6-9-23(17-22)29-15-7-12-27(29)32/h3-6,8-11,13-14,16-17H,7,12,15,18-19H2,1-2H3,(H,28,31). The van der Waals surface area contributed by atoms with Gasteiger partial charge in [0.25, 0.3) is 10.0 Å². The van der Waals surface area contributed by atoms with E-state index in [1.54, 1.807) is 29.2 Å². The van der Waals surface area contributed by atoms with Crippen LogP contribution < -0.4 is 14.5 Å². The SMILES string of the molecule is Cc1ccc(C)c(N(CC(=O)NCc2cccc(N3CCCC3=O)c2)S(=O)(=O)c2ccccc2)c1. The Hall–Kier alpha value is -3.65. The van der Waals surface area contributed by atoms with Gasteiger partial charge in [-0.1, -0.05) is 42.5 Å². The third-order valence-electron chi connectivity index (χ3n) is 6.04. The topological polar surface area (TPSA) is 86.8 Å². The monoisotopic (exact) mass is 491 g/mol. The Labute approximate surface area is 206 Å². The van der Waals surface area contributed by atoms with Crippen LogP contribution in [0.1, 0.15) is 29.5 Å². The summed E-state index contributed by atoms with van der Waals surface area (Å²) >= 11 is 0. The molecule has 0 spiro atoms. The van der Waals surface area contributed by atoms with Gasteiger partial charge in [-0.3, -0.25) is 13.9 Å². The molecule has 1 saturated heterocycles. The number of amides is 2. The normalized spacial score (nSPS) is 13.7. The van der Waals surface area contributed by atoms with Crippen LogP contribution in [0.3, 0.4) is 0 Å². The van der Waals surface area contributed by atoms with Crippen LogP contribution in [0.25, 0.3) is 0 Å². The summed E-state index contributed by atoms with van der Waals surface area (Å²) in [6, 6.07) is 21.1. The molecule has 0 bridgehead atoms. The highest BCUT2D eigenvalue weighted by molar-refractivity contribution is 7.92. The second-order valence-corrected chi connectivity index (χ2v) is 10.6. The lowest BCUT2D eigenvalue weighted by molar-refractivity contribution is -0.120. The highest BCUT2D eigenvalue weighted by Gasteiger charge is 2.28. The molecule has 3 aromatic rings. The molecular weight excluding hydrogens is 462 g/mol. The van der Waals surface area contributed by atoms with Crippen LogP contribution in [0.4, 0.5) is 11.4 Å². The number of aryl methyl sites for hydroxylation is 2. The first kappa shape index (κ1) is 24.5. The zero-order valence-corrected chi connectivity index (χ0v) is 20.7. The first-order valence-corrected chi connectivity index (χ1v) is 13.0. The molecule has 0 atom stereocenters. The number of nitrogens with one attached hydrogen (secondary N) is 1. The average molecular weight is 492 g/mol. The fourth-order valence-corrected chi connectivity index (χ4v) is 5.65. The molecule has 1 aliphatic heterocycles. The van der Waals surface area contributed by atoms with Crippen molar-refractivity contribution in [1.29, 1.82) is 0 Å². The van der Waals surface area contributed by atoms with Gasteiger partial charge in [-0.2, -0.15) is 0 Å². The molecule has 1 aliphatic rings. The summed E-state index contributed by atoms with van der Waals surface area (Å²) in [5, 5.41) is 2.84. The molecule has 0 unspecified atom stereocenters. The Balaban J connectivity index is 1.54. The highest BCUT2D eigenvalue weighted by Crippen LogP contribution is 2.28. The number of carbonyl (C=O) groups is 2. The lowest BCUT2D eigenvalue weighted by atomic mass is 10.1. The Bertz CT molecular complexity index is 1340. The van der Waals surface area contributed by atoms with Crippen molar-refractivity contribution >= 4 is 33.2 Å². The molecular formula is C27H29N3O4S. The Morgan fingerprint density at radius 1 is 1.00 bits per heavy atom. The molecule has 1 heterocycles. The lowest BCUT2D eigenvalue weighted by Crippen LogP contribution is -2.41. The smallest absolute Gasteiger partial charge is 0.264 e. The van der Waals surface area contributed by atoms with E-state index < -0.39 is 15.9 Å². The van der Waals surface area contributed by atoms with Crippen LogP contribution in [0, 0.1) is 13.8 Å². The van der Waals surface area contributed by atoms with Crippen molar-refractivity contribution in [3.63, 3.8) is 0 Å². The third-order valence-corrected chi connectivity index (χ3v) is 7.81. The summed E-state index contributed by atoms with van der Waals surface area (Å²) in [7, 11) is -3.97. The van der Waals surface area contributed by atoms with Crippen LogP contribution in [0.2, 0.25) is 0 Å². The quantitative estimate of drug-likeness (QED) is 0.517. The summed E-state index contributed by atoms with van der Waals surface area (Å²) in [5.41, 5.74) is 3.76. The maximum atomic E-state index is 13.5. The first-order valence-electron chi connectivity index (χ1n) is 11.6. The maximum Gasteiger partial charge on any atom is 0.264 e. The van der Waals surface area contributed by atoms with Crippen molar-refractivity contribution in [2.24, 2.45) is 0 Å². The van der Waals surface area contributed by atoms with Gasteiger partial charge in [0.05, 0.1) is 10.6 Å². The predicted molar refractivity (Wildman–Crippen MR) is 137 cm³/mol. The van der Waals surface area contributed by atoms with E-state index in [2.05, 4.69) is 5.32 Å². The summed E-state index contributed by atoms with van der Waals surface area (Å²) in [6.07, 6.45) is 1.38. The number of rotatable bonds is 8. The van der Waals surface area contributed by atoms with E-state index in [1.807, 2.05) is 50.2 Å². The number of hydrogen-bond donors (Lipinski definition) is 1. The van der Waals surface area contributed by atoms with Crippen LogP contribution in [0.15, 0.2) is 77.7 Å². The first-order chi connectivity index (χ1) is 16.8. The average Bonchev–Trinajstić information content (AvgIpc) is 3.29. The van der Waals surface area contributed by atoms with Gasteiger partial charge in [0.2, 0.25) is 11.8 Å². The van der Waals surface area contributed by atoms with Crippen molar-refractivity contribution in [2.75, 3.05) is 22.3 Å².